The summed E-state index contributed by atoms with van der Waals surface area (Å²) in [6, 6.07) is 0. The summed E-state index contributed by atoms with van der Waals surface area (Å²) in [5.74, 6) is 0.652. The summed E-state index contributed by atoms with van der Waals surface area (Å²) in [7, 11) is 3.40. The van der Waals surface area contributed by atoms with Gasteiger partial charge in [-0.1, -0.05) is 0 Å². The van der Waals surface area contributed by atoms with Gasteiger partial charge in [0.15, 0.2) is 5.75 Å². The van der Waals surface area contributed by atoms with E-state index in [0.29, 0.717) is 18.7 Å². The van der Waals surface area contributed by atoms with Crippen molar-refractivity contribution in [2.75, 3.05) is 20.2 Å². The van der Waals surface area contributed by atoms with Crippen molar-refractivity contribution in [3.05, 3.63) is 11.9 Å². The van der Waals surface area contributed by atoms with Crippen LogP contribution >= 0.6 is 0 Å². The van der Waals surface area contributed by atoms with Gasteiger partial charge < -0.3 is 15.2 Å². The number of nitrogens with zero attached hydrogens (tertiary/aromatic N) is 2. The van der Waals surface area contributed by atoms with Crippen LogP contribution in [0.15, 0.2) is 6.20 Å². The van der Waals surface area contributed by atoms with Crippen LogP contribution in [0.3, 0.4) is 0 Å². The van der Waals surface area contributed by atoms with Crippen molar-refractivity contribution in [1.82, 2.24) is 15.1 Å². The van der Waals surface area contributed by atoms with Gasteiger partial charge in [-0.15, -0.1) is 0 Å². The van der Waals surface area contributed by atoms with Crippen molar-refractivity contribution < 1.29 is 9.84 Å². The zero-order valence-electron chi connectivity index (χ0n) is 8.45. The SMILES string of the molecule is COc1cnn(C)c1C1(O)CCNC1. The maximum absolute atomic E-state index is 10.3. The van der Waals surface area contributed by atoms with Gasteiger partial charge in [0.25, 0.3) is 0 Å². The van der Waals surface area contributed by atoms with Gasteiger partial charge >= 0.3 is 0 Å². The summed E-state index contributed by atoms with van der Waals surface area (Å²) in [6.45, 7) is 1.38. The Kier molecular flexibility index (Phi) is 2.20. The van der Waals surface area contributed by atoms with E-state index < -0.39 is 5.60 Å². The number of hydrogen-bond donors (Lipinski definition) is 2. The number of hydrogen-bond acceptors (Lipinski definition) is 4. The van der Waals surface area contributed by atoms with Crippen LogP contribution < -0.4 is 10.1 Å². The number of nitrogens with one attached hydrogen (secondary N) is 1. The quantitative estimate of drug-likeness (QED) is 0.678. The number of ether oxygens (including phenoxy) is 1. The molecule has 14 heavy (non-hydrogen) atoms. The molecule has 0 saturated carbocycles. The summed E-state index contributed by atoms with van der Waals surface area (Å²) in [5.41, 5.74) is -0.0821. The second-order valence-corrected chi connectivity index (χ2v) is 3.64. The van der Waals surface area contributed by atoms with Gasteiger partial charge in [-0.25, -0.2) is 0 Å². The first-order valence-electron chi connectivity index (χ1n) is 4.67. The minimum absolute atomic E-state index is 0.558. The maximum Gasteiger partial charge on any atom is 0.162 e. The molecule has 2 rings (SSSR count). The normalized spacial score (nSPS) is 26.8. The molecule has 0 spiro atoms. The van der Waals surface area contributed by atoms with Crippen LogP contribution in [0.1, 0.15) is 12.1 Å². The Morgan fingerprint density at radius 1 is 1.71 bits per heavy atom. The van der Waals surface area contributed by atoms with Crippen LogP contribution in [0.5, 0.6) is 5.75 Å². The lowest BCUT2D eigenvalue weighted by atomic mass is 9.98. The van der Waals surface area contributed by atoms with Crippen molar-refractivity contribution in [1.29, 1.82) is 0 Å². The van der Waals surface area contributed by atoms with E-state index in [9.17, 15) is 5.11 Å². The molecule has 1 aliphatic heterocycles. The molecule has 2 N–H and O–H groups in total. The third-order valence-corrected chi connectivity index (χ3v) is 2.70. The molecular formula is C9H15N3O2. The zero-order valence-corrected chi connectivity index (χ0v) is 8.45. The van der Waals surface area contributed by atoms with Gasteiger partial charge in [-0.05, 0) is 13.0 Å². The summed E-state index contributed by atoms with van der Waals surface area (Å²) in [6.07, 6.45) is 2.33. The molecular weight excluding hydrogens is 182 g/mol. The van der Waals surface area contributed by atoms with E-state index in [-0.39, 0.29) is 0 Å². The van der Waals surface area contributed by atoms with E-state index in [0.717, 1.165) is 12.2 Å². The summed E-state index contributed by atoms with van der Waals surface area (Å²) in [5, 5.41) is 17.6. The fourth-order valence-electron chi connectivity index (χ4n) is 1.98. The van der Waals surface area contributed by atoms with E-state index in [1.165, 1.54) is 0 Å². The third-order valence-electron chi connectivity index (χ3n) is 2.70. The fourth-order valence-corrected chi connectivity index (χ4v) is 1.98. The zero-order chi connectivity index (χ0) is 10.2. The van der Waals surface area contributed by atoms with Crippen LogP contribution in [-0.2, 0) is 12.6 Å². The van der Waals surface area contributed by atoms with Crippen molar-refractivity contribution in [3.8, 4) is 5.75 Å². The molecule has 1 fully saturated rings. The highest BCUT2D eigenvalue weighted by Gasteiger charge is 2.38. The van der Waals surface area contributed by atoms with Crippen molar-refractivity contribution in [2.45, 2.75) is 12.0 Å². The van der Waals surface area contributed by atoms with Gasteiger partial charge in [0.05, 0.1) is 13.3 Å². The van der Waals surface area contributed by atoms with Gasteiger partial charge in [0.2, 0.25) is 0 Å². The maximum atomic E-state index is 10.3. The number of aromatic nitrogens is 2. The minimum Gasteiger partial charge on any atom is -0.493 e. The Hall–Kier alpha value is -1.07. The summed E-state index contributed by atoms with van der Waals surface area (Å²) in [4.78, 5) is 0. The number of β-amino-alcohol motifs (C(OH)–C–C–N with tert-alkyl or cyclic N) is 1. The first-order valence-corrected chi connectivity index (χ1v) is 4.67. The number of aryl methyl sites for hydroxylation is 1. The van der Waals surface area contributed by atoms with E-state index in [4.69, 9.17) is 4.74 Å². The molecule has 1 saturated heterocycles. The molecule has 2 heterocycles. The molecule has 1 aromatic rings. The first-order chi connectivity index (χ1) is 6.67. The fraction of sp³-hybridized carbons (Fsp3) is 0.667. The second-order valence-electron chi connectivity index (χ2n) is 3.64. The van der Waals surface area contributed by atoms with Gasteiger partial charge in [-0.3, -0.25) is 4.68 Å². The second kappa shape index (κ2) is 3.25. The first kappa shape index (κ1) is 9.48. The van der Waals surface area contributed by atoms with Crippen molar-refractivity contribution in [2.24, 2.45) is 7.05 Å². The van der Waals surface area contributed by atoms with Crippen LogP contribution in [0.2, 0.25) is 0 Å². The lowest BCUT2D eigenvalue weighted by molar-refractivity contribution is 0.0474. The highest BCUT2D eigenvalue weighted by molar-refractivity contribution is 5.31. The molecule has 0 radical (unpaired) electrons. The van der Waals surface area contributed by atoms with Crippen molar-refractivity contribution >= 4 is 0 Å². The van der Waals surface area contributed by atoms with Gasteiger partial charge in [-0.2, -0.15) is 5.10 Å². The van der Waals surface area contributed by atoms with Crippen LogP contribution in [0.25, 0.3) is 0 Å². The molecule has 1 atom stereocenters. The molecule has 1 aliphatic rings. The molecule has 0 amide bonds. The third kappa shape index (κ3) is 1.29. The Labute approximate surface area is 82.7 Å². The van der Waals surface area contributed by atoms with E-state index >= 15 is 0 Å². The molecule has 5 nitrogen and oxygen atoms in total. The molecule has 5 heteroatoms. The summed E-state index contributed by atoms with van der Waals surface area (Å²) < 4.78 is 6.85. The smallest absolute Gasteiger partial charge is 0.162 e. The van der Waals surface area contributed by atoms with E-state index in [1.54, 1.807) is 18.0 Å². The van der Waals surface area contributed by atoms with Gasteiger partial charge in [0, 0.05) is 13.6 Å². The van der Waals surface area contributed by atoms with Crippen LogP contribution in [0.4, 0.5) is 0 Å². The Morgan fingerprint density at radius 2 is 2.50 bits per heavy atom. The van der Waals surface area contributed by atoms with Crippen LogP contribution in [-0.4, -0.2) is 35.1 Å². The predicted molar refractivity (Wildman–Crippen MR) is 51.1 cm³/mol. The molecule has 0 aromatic carbocycles. The average molecular weight is 197 g/mol. The Balaban J connectivity index is 2.42. The highest BCUT2D eigenvalue weighted by Crippen LogP contribution is 2.33. The molecule has 1 unspecified atom stereocenters. The highest BCUT2D eigenvalue weighted by atomic mass is 16.5. The van der Waals surface area contributed by atoms with Crippen molar-refractivity contribution in [3.63, 3.8) is 0 Å². The number of aliphatic hydroxyl groups is 1. The standard InChI is InChI=1S/C9H15N3O2/c1-12-8(7(14-2)5-11-12)9(13)3-4-10-6-9/h5,10,13H,3-4,6H2,1-2H3. The van der Waals surface area contributed by atoms with Crippen LogP contribution in [0, 0.1) is 0 Å². The Bertz CT molecular complexity index is 329. The van der Waals surface area contributed by atoms with E-state index in [2.05, 4.69) is 10.4 Å². The molecule has 0 bridgehead atoms. The number of methoxy groups -OCH3 is 1. The minimum atomic E-state index is -0.837. The average Bonchev–Trinajstić information content (AvgIpc) is 2.73. The predicted octanol–water partition coefficient (Wildman–Crippen LogP) is -0.390. The summed E-state index contributed by atoms with van der Waals surface area (Å²) >= 11 is 0. The lowest BCUT2D eigenvalue weighted by Crippen LogP contribution is -2.31. The molecule has 0 aliphatic carbocycles. The lowest BCUT2D eigenvalue weighted by Gasteiger charge is -2.22. The molecule has 78 valence electrons. The Morgan fingerprint density at radius 3 is 3.07 bits per heavy atom. The topological polar surface area (TPSA) is 59.3 Å². The number of rotatable bonds is 2. The monoisotopic (exact) mass is 197 g/mol. The van der Waals surface area contributed by atoms with Gasteiger partial charge in [0.1, 0.15) is 11.3 Å². The van der Waals surface area contributed by atoms with E-state index in [1.807, 2.05) is 7.05 Å². The molecule has 1 aromatic heterocycles. The largest absolute Gasteiger partial charge is 0.493 e.